The molecule has 0 aliphatic carbocycles. The van der Waals surface area contributed by atoms with Gasteiger partial charge < -0.3 is 0 Å². The average molecular weight is 435 g/mol. The Balaban J connectivity index is 1.63. The van der Waals surface area contributed by atoms with Gasteiger partial charge in [0.1, 0.15) is 5.01 Å². The molecule has 4 nitrogen and oxygen atoms in total. The maximum atomic E-state index is 13.0. The molecule has 4 rings (SSSR count). The Morgan fingerprint density at radius 2 is 1.50 bits per heavy atom. The van der Waals surface area contributed by atoms with Crippen molar-refractivity contribution in [2.75, 3.05) is 4.72 Å². The van der Waals surface area contributed by atoms with Gasteiger partial charge in [-0.25, -0.2) is 13.4 Å². The number of aromatic nitrogens is 1. The Hall–Kier alpha value is -2.96. The van der Waals surface area contributed by atoms with E-state index in [4.69, 9.17) is 4.98 Å². The molecule has 0 saturated carbocycles. The largest absolute Gasteiger partial charge is 0.280 e. The van der Waals surface area contributed by atoms with Crippen molar-refractivity contribution < 1.29 is 8.42 Å². The first kappa shape index (κ1) is 20.3. The highest BCUT2D eigenvalue weighted by Gasteiger charge is 2.18. The minimum atomic E-state index is -3.69. The number of rotatable bonds is 5. The Labute approximate surface area is 181 Å². The van der Waals surface area contributed by atoms with Crippen LogP contribution < -0.4 is 4.72 Å². The van der Waals surface area contributed by atoms with Crippen LogP contribution in [0.5, 0.6) is 0 Å². The molecule has 1 N–H and O–H groups in total. The molecule has 0 spiro atoms. The molecular weight excluding hydrogens is 412 g/mol. The fourth-order valence-corrected chi connectivity index (χ4v) is 5.49. The van der Waals surface area contributed by atoms with Crippen LogP contribution in [-0.4, -0.2) is 13.4 Å². The van der Waals surface area contributed by atoms with E-state index in [0.717, 1.165) is 38.5 Å². The second-order valence-corrected chi connectivity index (χ2v) is 9.80. The van der Waals surface area contributed by atoms with Crippen molar-refractivity contribution in [3.63, 3.8) is 0 Å². The maximum Gasteiger partial charge on any atom is 0.262 e. The number of benzene rings is 3. The zero-order chi connectivity index (χ0) is 21.3. The number of thiazole rings is 1. The molecule has 6 heteroatoms. The standard InChI is InChI=1S/C24H22N2O2S2/c1-16-12-18(3)23(13-17(16)2)30(27,28)26-21-11-7-10-20(14-21)22-15-29-24(25-22)19-8-5-4-6-9-19/h4-15,26H,1-3H3. The first-order valence-corrected chi connectivity index (χ1v) is 11.9. The van der Waals surface area contributed by atoms with E-state index in [1.54, 1.807) is 23.5 Å². The van der Waals surface area contributed by atoms with Crippen LogP contribution in [0.1, 0.15) is 16.7 Å². The van der Waals surface area contributed by atoms with Crippen molar-refractivity contribution >= 4 is 27.0 Å². The Bertz CT molecular complexity index is 1310. The van der Waals surface area contributed by atoms with Gasteiger partial charge in [-0.2, -0.15) is 0 Å². The highest BCUT2D eigenvalue weighted by atomic mass is 32.2. The minimum absolute atomic E-state index is 0.302. The summed E-state index contributed by atoms with van der Waals surface area (Å²) in [5.41, 5.74) is 6.02. The molecular formula is C24H22N2O2S2. The van der Waals surface area contributed by atoms with Crippen LogP contribution in [0.4, 0.5) is 5.69 Å². The average Bonchev–Trinajstić information content (AvgIpc) is 3.21. The van der Waals surface area contributed by atoms with E-state index in [9.17, 15) is 8.42 Å². The van der Waals surface area contributed by atoms with E-state index >= 15 is 0 Å². The number of hydrogen-bond donors (Lipinski definition) is 1. The van der Waals surface area contributed by atoms with Crippen LogP contribution in [0.3, 0.4) is 0 Å². The third kappa shape index (κ3) is 4.15. The van der Waals surface area contributed by atoms with Crippen LogP contribution >= 0.6 is 11.3 Å². The number of hydrogen-bond acceptors (Lipinski definition) is 4. The molecule has 1 heterocycles. The molecule has 0 aliphatic heterocycles. The predicted octanol–water partition coefficient (Wildman–Crippen LogP) is 6.20. The highest BCUT2D eigenvalue weighted by molar-refractivity contribution is 7.92. The van der Waals surface area contributed by atoms with E-state index in [1.165, 1.54) is 0 Å². The second-order valence-electron chi connectivity index (χ2n) is 7.29. The predicted molar refractivity (Wildman–Crippen MR) is 124 cm³/mol. The number of sulfonamides is 1. The van der Waals surface area contributed by atoms with Crippen LogP contribution in [0.25, 0.3) is 21.8 Å². The SMILES string of the molecule is Cc1cc(C)c(S(=O)(=O)Nc2cccc(-c3csc(-c4ccccc4)n3)c2)cc1C. The lowest BCUT2D eigenvalue weighted by Gasteiger charge is -2.13. The van der Waals surface area contributed by atoms with Crippen molar-refractivity contribution in [2.24, 2.45) is 0 Å². The first-order chi connectivity index (χ1) is 14.3. The van der Waals surface area contributed by atoms with Crippen molar-refractivity contribution in [3.8, 4) is 21.8 Å². The van der Waals surface area contributed by atoms with Gasteiger partial charge in [-0.3, -0.25) is 4.72 Å². The smallest absolute Gasteiger partial charge is 0.262 e. The molecule has 152 valence electrons. The molecule has 0 saturated heterocycles. The summed E-state index contributed by atoms with van der Waals surface area (Å²) in [5.74, 6) is 0. The minimum Gasteiger partial charge on any atom is -0.280 e. The Morgan fingerprint density at radius 1 is 0.800 bits per heavy atom. The fourth-order valence-electron chi connectivity index (χ4n) is 3.30. The summed E-state index contributed by atoms with van der Waals surface area (Å²) in [6, 6.07) is 21.0. The van der Waals surface area contributed by atoms with Crippen LogP contribution in [0.2, 0.25) is 0 Å². The number of anilines is 1. The van der Waals surface area contributed by atoms with E-state index in [1.807, 2.05) is 80.7 Å². The van der Waals surface area contributed by atoms with Crippen molar-refractivity contribution in [2.45, 2.75) is 25.7 Å². The summed E-state index contributed by atoms with van der Waals surface area (Å²) in [4.78, 5) is 5.03. The lowest BCUT2D eigenvalue weighted by atomic mass is 10.1. The monoisotopic (exact) mass is 434 g/mol. The van der Waals surface area contributed by atoms with Crippen LogP contribution in [0, 0.1) is 20.8 Å². The van der Waals surface area contributed by atoms with Gasteiger partial charge in [0.05, 0.1) is 10.6 Å². The van der Waals surface area contributed by atoms with E-state index in [-0.39, 0.29) is 0 Å². The van der Waals surface area contributed by atoms with Gasteiger partial charge in [-0.05, 0) is 55.7 Å². The van der Waals surface area contributed by atoms with Gasteiger partial charge in [0, 0.05) is 22.2 Å². The van der Waals surface area contributed by atoms with Gasteiger partial charge >= 0.3 is 0 Å². The van der Waals surface area contributed by atoms with Crippen molar-refractivity contribution in [1.82, 2.24) is 4.98 Å². The molecule has 0 amide bonds. The van der Waals surface area contributed by atoms with Gasteiger partial charge in [-0.1, -0.05) is 48.5 Å². The molecule has 0 radical (unpaired) electrons. The molecule has 30 heavy (non-hydrogen) atoms. The molecule has 3 aromatic carbocycles. The third-order valence-corrected chi connectivity index (χ3v) is 7.43. The van der Waals surface area contributed by atoms with E-state index < -0.39 is 10.0 Å². The number of nitrogens with zero attached hydrogens (tertiary/aromatic N) is 1. The normalized spacial score (nSPS) is 11.4. The lowest BCUT2D eigenvalue weighted by Crippen LogP contribution is -2.14. The Kier molecular flexibility index (Phi) is 5.45. The summed E-state index contributed by atoms with van der Waals surface area (Å²) < 4.78 is 28.7. The third-order valence-electron chi connectivity index (χ3n) is 5.02. The number of aryl methyl sites for hydroxylation is 3. The van der Waals surface area contributed by atoms with Gasteiger partial charge in [-0.15, -0.1) is 11.3 Å². The molecule has 0 unspecified atom stereocenters. The fraction of sp³-hybridized carbons (Fsp3) is 0.125. The van der Waals surface area contributed by atoms with Gasteiger partial charge in [0.2, 0.25) is 0 Å². The van der Waals surface area contributed by atoms with Crippen LogP contribution in [-0.2, 0) is 10.0 Å². The zero-order valence-corrected chi connectivity index (χ0v) is 18.6. The summed E-state index contributed by atoms with van der Waals surface area (Å²) in [6.07, 6.45) is 0. The van der Waals surface area contributed by atoms with E-state index in [0.29, 0.717) is 10.6 Å². The topological polar surface area (TPSA) is 59.1 Å². The molecule has 4 aromatic rings. The highest BCUT2D eigenvalue weighted by Crippen LogP contribution is 2.30. The summed E-state index contributed by atoms with van der Waals surface area (Å²) in [5, 5.41) is 2.92. The lowest BCUT2D eigenvalue weighted by molar-refractivity contribution is 0.600. The zero-order valence-electron chi connectivity index (χ0n) is 17.0. The molecule has 0 aliphatic rings. The summed E-state index contributed by atoms with van der Waals surface area (Å²) in [7, 11) is -3.69. The quantitative estimate of drug-likeness (QED) is 0.407. The number of nitrogens with one attached hydrogen (secondary N) is 1. The Morgan fingerprint density at radius 3 is 2.27 bits per heavy atom. The van der Waals surface area contributed by atoms with Gasteiger partial charge in [0.15, 0.2) is 0 Å². The summed E-state index contributed by atoms with van der Waals surface area (Å²) in [6.45, 7) is 5.71. The maximum absolute atomic E-state index is 13.0. The molecule has 0 bridgehead atoms. The molecule has 1 aromatic heterocycles. The first-order valence-electron chi connectivity index (χ1n) is 9.55. The van der Waals surface area contributed by atoms with Crippen molar-refractivity contribution in [3.05, 3.63) is 88.8 Å². The summed E-state index contributed by atoms with van der Waals surface area (Å²) >= 11 is 1.57. The van der Waals surface area contributed by atoms with E-state index in [2.05, 4.69) is 4.72 Å². The molecule has 0 fully saturated rings. The van der Waals surface area contributed by atoms with Crippen molar-refractivity contribution in [1.29, 1.82) is 0 Å². The second kappa shape index (κ2) is 8.05. The molecule has 0 atom stereocenters. The van der Waals surface area contributed by atoms with Gasteiger partial charge in [0.25, 0.3) is 10.0 Å². The van der Waals surface area contributed by atoms with Crippen LogP contribution in [0.15, 0.2) is 77.0 Å².